The Hall–Kier alpha value is -0.650. The van der Waals surface area contributed by atoms with Crippen molar-refractivity contribution >= 4 is 5.97 Å². The molecule has 2 saturated heterocycles. The highest BCUT2D eigenvalue weighted by molar-refractivity contribution is 5.75. The predicted molar refractivity (Wildman–Crippen MR) is 38.4 cm³/mol. The van der Waals surface area contributed by atoms with Crippen LogP contribution in [0.2, 0.25) is 0 Å². The number of carbonyl (C=O) groups is 1. The summed E-state index contributed by atoms with van der Waals surface area (Å²) in [6.45, 7) is 1.29. The quantitative estimate of drug-likeness (QED) is 0.509. The number of carbonyl (C=O) groups excluding carboxylic acids is 1. The van der Waals surface area contributed by atoms with Crippen molar-refractivity contribution in [3.05, 3.63) is 0 Å². The summed E-state index contributed by atoms with van der Waals surface area (Å²) in [5.41, 5.74) is 0. The van der Waals surface area contributed by atoms with Crippen molar-refractivity contribution in [2.75, 3.05) is 20.2 Å². The van der Waals surface area contributed by atoms with E-state index in [2.05, 4.69) is 10.1 Å². The molecular formula is C7H11NO4. The average molecular weight is 173 g/mol. The molecule has 68 valence electrons. The minimum Gasteiger partial charge on any atom is -0.467 e. The summed E-state index contributed by atoms with van der Waals surface area (Å²) in [6.07, 6.45) is -1.01. The molecule has 2 fully saturated rings. The van der Waals surface area contributed by atoms with Crippen LogP contribution in [-0.4, -0.2) is 44.7 Å². The van der Waals surface area contributed by atoms with Gasteiger partial charge < -0.3 is 19.5 Å². The van der Waals surface area contributed by atoms with E-state index in [0.29, 0.717) is 13.1 Å². The molecule has 0 aromatic rings. The molecule has 2 aliphatic heterocycles. The van der Waals surface area contributed by atoms with Crippen LogP contribution in [0.15, 0.2) is 0 Å². The lowest BCUT2D eigenvalue weighted by Crippen LogP contribution is -2.42. The Balaban J connectivity index is 2.04. The zero-order chi connectivity index (χ0) is 8.55. The zero-order valence-corrected chi connectivity index (χ0v) is 6.78. The minimum atomic E-state index is -0.546. The summed E-state index contributed by atoms with van der Waals surface area (Å²) < 4.78 is 15.2. The van der Waals surface area contributed by atoms with E-state index in [-0.39, 0.29) is 18.4 Å². The second-order valence-corrected chi connectivity index (χ2v) is 2.84. The van der Waals surface area contributed by atoms with E-state index < -0.39 is 6.10 Å². The molecule has 2 heterocycles. The van der Waals surface area contributed by atoms with Crippen molar-refractivity contribution in [2.24, 2.45) is 0 Å². The molecule has 2 aliphatic rings. The van der Waals surface area contributed by atoms with Gasteiger partial charge in [0.15, 0.2) is 12.4 Å². The van der Waals surface area contributed by atoms with Crippen molar-refractivity contribution in [1.82, 2.24) is 5.32 Å². The van der Waals surface area contributed by atoms with Crippen LogP contribution in [0.1, 0.15) is 0 Å². The molecule has 1 N–H and O–H groups in total. The molecule has 2 bridgehead atoms. The third-order valence-electron chi connectivity index (χ3n) is 2.05. The van der Waals surface area contributed by atoms with Crippen LogP contribution in [0.5, 0.6) is 0 Å². The third-order valence-corrected chi connectivity index (χ3v) is 2.05. The molecule has 0 aromatic heterocycles. The number of ether oxygens (including phenoxy) is 3. The SMILES string of the molecule is COC(=O)C1OC2CNCC1O2. The molecule has 0 aliphatic carbocycles. The first-order valence-corrected chi connectivity index (χ1v) is 3.90. The lowest BCUT2D eigenvalue weighted by Gasteiger charge is -2.18. The number of esters is 1. The largest absolute Gasteiger partial charge is 0.467 e. The topological polar surface area (TPSA) is 56.8 Å². The molecule has 3 unspecified atom stereocenters. The molecule has 2 rings (SSSR count). The van der Waals surface area contributed by atoms with Crippen LogP contribution in [0.25, 0.3) is 0 Å². The van der Waals surface area contributed by atoms with E-state index in [1.807, 2.05) is 0 Å². The van der Waals surface area contributed by atoms with Gasteiger partial charge in [-0.05, 0) is 0 Å². The minimum absolute atomic E-state index is 0.184. The van der Waals surface area contributed by atoms with Crippen molar-refractivity contribution in [1.29, 1.82) is 0 Å². The monoisotopic (exact) mass is 173 g/mol. The average Bonchev–Trinajstić information content (AvgIpc) is 2.40. The van der Waals surface area contributed by atoms with E-state index in [9.17, 15) is 4.79 Å². The van der Waals surface area contributed by atoms with Gasteiger partial charge in [0.1, 0.15) is 6.10 Å². The maximum atomic E-state index is 11.1. The predicted octanol–water partition coefficient (Wildman–Crippen LogP) is -1.13. The Labute approximate surface area is 70.0 Å². The van der Waals surface area contributed by atoms with Gasteiger partial charge in [-0.15, -0.1) is 0 Å². The molecule has 5 nitrogen and oxygen atoms in total. The number of hydrogen-bond acceptors (Lipinski definition) is 5. The zero-order valence-electron chi connectivity index (χ0n) is 6.78. The first-order chi connectivity index (χ1) is 5.81. The van der Waals surface area contributed by atoms with Gasteiger partial charge >= 0.3 is 5.97 Å². The van der Waals surface area contributed by atoms with Crippen molar-refractivity contribution < 1.29 is 19.0 Å². The third kappa shape index (κ3) is 1.20. The molecule has 0 radical (unpaired) electrons. The molecule has 0 saturated carbocycles. The Bertz CT molecular complexity index is 196. The van der Waals surface area contributed by atoms with Gasteiger partial charge in [-0.2, -0.15) is 0 Å². The second-order valence-electron chi connectivity index (χ2n) is 2.84. The molecule has 0 amide bonds. The summed E-state index contributed by atoms with van der Waals surface area (Å²) in [7, 11) is 1.35. The number of methoxy groups -OCH3 is 1. The highest BCUT2D eigenvalue weighted by Crippen LogP contribution is 2.22. The van der Waals surface area contributed by atoms with Crippen molar-refractivity contribution in [2.45, 2.75) is 18.5 Å². The first-order valence-electron chi connectivity index (χ1n) is 3.90. The number of morpholine rings is 1. The van der Waals surface area contributed by atoms with E-state index >= 15 is 0 Å². The van der Waals surface area contributed by atoms with Gasteiger partial charge in [0.25, 0.3) is 0 Å². The summed E-state index contributed by atoms with van der Waals surface area (Å²) in [5, 5.41) is 3.10. The first kappa shape index (κ1) is 7.97. The van der Waals surface area contributed by atoms with E-state index in [1.165, 1.54) is 7.11 Å². The molecule has 3 atom stereocenters. The van der Waals surface area contributed by atoms with Gasteiger partial charge in [0, 0.05) is 13.1 Å². The smallest absolute Gasteiger partial charge is 0.337 e. The van der Waals surface area contributed by atoms with E-state index in [0.717, 1.165) is 0 Å². The Morgan fingerprint density at radius 1 is 1.50 bits per heavy atom. The molecule has 0 spiro atoms. The fraction of sp³-hybridized carbons (Fsp3) is 0.857. The number of fused-ring (bicyclic) bond motifs is 2. The van der Waals surface area contributed by atoms with E-state index in [1.54, 1.807) is 0 Å². The fourth-order valence-electron chi connectivity index (χ4n) is 1.47. The molecular weight excluding hydrogens is 162 g/mol. The standard InChI is InChI=1S/C7H11NO4/c1-10-7(9)6-4-2-8-3-5(11-4)12-6/h4-6,8H,2-3H2,1H3. The Morgan fingerprint density at radius 3 is 3.00 bits per heavy atom. The van der Waals surface area contributed by atoms with Crippen LogP contribution in [0.4, 0.5) is 0 Å². The van der Waals surface area contributed by atoms with Crippen LogP contribution in [-0.2, 0) is 19.0 Å². The number of rotatable bonds is 1. The van der Waals surface area contributed by atoms with Crippen molar-refractivity contribution in [3.63, 3.8) is 0 Å². The van der Waals surface area contributed by atoms with E-state index in [4.69, 9.17) is 9.47 Å². The summed E-state index contributed by atoms with van der Waals surface area (Å²) in [5.74, 6) is -0.355. The van der Waals surface area contributed by atoms with Crippen LogP contribution < -0.4 is 5.32 Å². The van der Waals surface area contributed by atoms with Crippen LogP contribution in [0.3, 0.4) is 0 Å². The van der Waals surface area contributed by atoms with Gasteiger partial charge in [-0.3, -0.25) is 0 Å². The molecule has 12 heavy (non-hydrogen) atoms. The maximum absolute atomic E-state index is 11.1. The normalized spacial score (nSPS) is 39.6. The highest BCUT2D eigenvalue weighted by Gasteiger charge is 2.43. The number of hydrogen-bond donors (Lipinski definition) is 1. The lowest BCUT2D eigenvalue weighted by molar-refractivity contribution is -0.153. The number of nitrogens with one attached hydrogen (secondary N) is 1. The molecule has 5 heteroatoms. The summed E-state index contributed by atoms with van der Waals surface area (Å²) >= 11 is 0. The second kappa shape index (κ2) is 3.01. The fourth-order valence-corrected chi connectivity index (χ4v) is 1.47. The summed E-state index contributed by atoms with van der Waals surface area (Å²) in [6, 6.07) is 0. The Kier molecular flexibility index (Phi) is 2.00. The van der Waals surface area contributed by atoms with Gasteiger partial charge in [-0.1, -0.05) is 0 Å². The van der Waals surface area contributed by atoms with Gasteiger partial charge in [-0.25, -0.2) is 4.79 Å². The summed E-state index contributed by atoms with van der Waals surface area (Å²) in [4.78, 5) is 11.1. The van der Waals surface area contributed by atoms with Crippen LogP contribution in [0, 0.1) is 0 Å². The molecule has 0 aromatic carbocycles. The van der Waals surface area contributed by atoms with Gasteiger partial charge in [0.05, 0.1) is 7.11 Å². The van der Waals surface area contributed by atoms with Gasteiger partial charge in [0.2, 0.25) is 0 Å². The highest BCUT2D eigenvalue weighted by atomic mass is 16.7. The maximum Gasteiger partial charge on any atom is 0.337 e. The lowest BCUT2D eigenvalue weighted by atomic mass is 10.2. The van der Waals surface area contributed by atoms with Crippen molar-refractivity contribution in [3.8, 4) is 0 Å². The Morgan fingerprint density at radius 2 is 2.33 bits per heavy atom. The van der Waals surface area contributed by atoms with Crippen LogP contribution >= 0.6 is 0 Å².